The molecule has 25 heavy (non-hydrogen) atoms. The molecule has 8 nitrogen and oxygen atoms in total. The number of phenols is 2. The molecule has 0 atom stereocenters. The summed E-state index contributed by atoms with van der Waals surface area (Å²) >= 11 is 0. The average Bonchev–Trinajstić information content (AvgIpc) is 2.60. The Kier molecular flexibility index (Phi) is 5.57. The largest absolute Gasteiger partial charge is 0.508 e. The quantitative estimate of drug-likeness (QED) is 0.382. The molecule has 2 rings (SSSR count). The molecule has 0 unspecified atom stereocenters. The molecule has 130 valence electrons. The molecule has 0 heterocycles. The number of nitrogens with zero attached hydrogens (tertiary/aromatic N) is 1. The van der Waals surface area contributed by atoms with Crippen LogP contribution in [0.25, 0.3) is 0 Å². The molecule has 0 radical (unpaired) electrons. The third-order valence-corrected chi connectivity index (χ3v) is 3.25. The number of phenolic OH excluding ortho intramolecular Hbond substituents is 2. The van der Waals surface area contributed by atoms with Gasteiger partial charge >= 0.3 is 11.8 Å². The SMILES string of the molecule is COc1ccc(NC(=O)C(=O)N/N=C(\C)c2ccc(O)cc2O)cc1. The molecule has 0 bridgehead atoms. The molecule has 0 aromatic heterocycles. The number of nitrogens with one attached hydrogen (secondary N) is 2. The summed E-state index contributed by atoms with van der Waals surface area (Å²) in [5.74, 6) is -1.53. The highest BCUT2D eigenvalue weighted by molar-refractivity contribution is 6.39. The van der Waals surface area contributed by atoms with E-state index in [4.69, 9.17) is 4.74 Å². The minimum Gasteiger partial charge on any atom is -0.508 e. The lowest BCUT2D eigenvalue weighted by Gasteiger charge is -2.07. The van der Waals surface area contributed by atoms with Crippen LogP contribution in [0.2, 0.25) is 0 Å². The Morgan fingerprint density at radius 2 is 1.72 bits per heavy atom. The number of anilines is 1. The maximum atomic E-state index is 11.8. The van der Waals surface area contributed by atoms with Crippen molar-refractivity contribution in [1.82, 2.24) is 5.43 Å². The van der Waals surface area contributed by atoms with Gasteiger partial charge in [-0.15, -0.1) is 0 Å². The number of benzene rings is 2. The molecule has 0 saturated heterocycles. The first-order valence-corrected chi connectivity index (χ1v) is 7.22. The monoisotopic (exact) mass is 343 g/mol. The summed E-state index contributed by atoms with van der Waals surface area (Å²) in [6.45, 7) is 1.54. The van der Waals surface area contributed by atoms with Crippen molar-refractivity contribution in [3.63, 3.8) is 0 Å². The Bertz CT molecular complexity index is 816. The van der Waals surface area contributed by atoms with Crippen molar-refractivity contribution in [2.75, 3.05) is 12.4 Å². The highest BCUT2D eigenvalue weighted by Crippen LogP contribution is 2.23. The minimum atomic E-state index is -0.964. The molecular formula is C17H17N3O5. The van der Waals surface area contributed by atoms with E-state index in [-0.39, 0.29) is 17.2 Å². The Morgan fingerprint density at radius 1 is 1.04 bits per heavy atom. The predicted octanol–water partition coefficient (Wildman–Crippen LogP) is 1.59. The van der Waals surface area contributed by atoms with E-state index in [0.717, 1.165) is 6.07 Å². The summed E-state index contributed by atoms with van der Waals surface area (Å²) in [7, 11) is 1.52. The number of amides is 2. The number of methoxy groups -OCH3 is 1. The summed E-state index contributed by atoms with van der Waals surface area (Å²) in [6, 6.07) is 10.4. The Hall–Kier alpha value is -3.55. The van der Waals surface area contributed by atoms with Gasteiger partial charge < -0.3 is 20.3 Å². The molecule has 8 heteroatoms. The van der Waals surface area contributed by atoms with E-state index in [1.165, 1.54) is 26.2 Å². The molecular weight excluding hydrogens is 326 g/mol. The number of hydrazone groups is 1. The van der Waals surface area contributed by atoms with Crippen LogP contribution >= 0.6 is 0 Å². The first-order chi connectivity index (χ1) is 11.9. The van der Waals surface area contributed by atoms with E-state index >= 15 is 0 Å². The van der Waals surface area contributed by atoms with Crippen molar-refractivity contribution in [3.05, 3.63) is 48.0 Å². The summed E-state index contributed by atoms with van der Waals surface area (Å²) in [5, 5.41) is 25.2. The van der Waals surface area contributed by atoms with Gasteiger partial charge in [0.1, 0.15) is 17.2 Å². The fourth-order valence-electron chi connectivity index (χ4n) is 1.93. The predicted molar refractivity (Wildman–Crippen MR) is 91.7 cm³/mol. The van der Waals surface area contributed by atoms with Crippen LogP contribution in [0.15, 0.2) is 47.6 Å². The van der Waals surface area contributed by atoms with E-state index in [1.807, 2.05) is 0 Å². The van der Waals surface area contributed by atoms with Gasteiger partial charge in [-0.2, -0.15) is 5.10 Å². The molecule has 4 N–H and O–H groups in total. The highest BCUT2D eigenvalue weighted by Gasteiger charge is 2.14. The third kappa shape index (κ3) is 4.71. The lowest BCUT2D eigenvalue weighted by Crippen LogP contribution is -2.32. The first-order valence-electron chi connectivity index (χ1n) is 7.22. The lowest BCUT2D eigenvalue weighted by atomic mass is 10.1. The number of ether oxygens (including phenoxy) is 1. The average molecular weight is 343 g/mol. The summed E-state index contributed by atoms with van der Waals surface area (Å²) < 4.78 is 5.00. The van der Waals surface area contributed by atoms with Gasteiger partial charge in [-0.25, -0.2) is 5.43 Å². The molecule has 0 aliphatic carbocycles. The first kappa shape index (κ1) is 17.8. The van der Waals surface area contributed by atoms with Crippen LogP contribution in [-0.4, -0.2) is 34.8 Å². The van der Waals surface area contributed by atoms with Crippen LogP contribution in [0.3, 0.4) is 0 Å². The second-order valence-electron chi connectivity index (χ2n) is 5.02. The zero-order valence-corrected chi connectivity index (χ0v) is 13.6. The summed E-state index contributed by atoms with van der Waals surface area (Å²) in [5.41, 5.74) is 3.11. The zero-order chi connectivity index (χ0) is 18.4. The van der Waals surface area contributed by atoms with Crippen LogP contribution in [0, 0.1) is 0 Å². The lowest BCUT2D eigenvalue weighted by molar-refractivity contribution is -0.136. The van der Waals surface area contributed by atoms with Crippen LogP contribution in [-0.2, 0) is 9.59 Å². The molecule has 2 aromatic carbocycles. The third-order valence-electron chi connectivity index (χ3n) is 3.25. The Balaban J connectivity index is 1.99. The van der Waals surface area contributed by atoms with Crippen molar-refractivity contribution >= 4 is 23.2 Å². The van der Waals surface area contributed by atoms with E-state index in [9.17, 15) is 19.8 Å². The Morgan fingerprint density at radius 3 is 2.32 bits per heavy atom. The van der Waals surface area contributed by atoms with E-state index in [0.29, 0.717) is 17.0 Å². The maximum absolute atomic E-state index is 11.8. The summed E-state index contributed by atoms with van der Waals surface area (Å²) in [4.78, 5) is 23.6. The van der Waals surface area contributed by atoms with Crippen molar-refractivity contribution in [2.45, 2.75) is 6.92 Å². The highest BCUT2D eigenvalue weighted by atomic mass is 16.5. The summed E-state index contributed by atoms with van der Waals surface area (Å²) in [6.07, 6.45) is 0. The standard InChI is InChI=1S/C17H17N3O5/c1-10(14-8-5-12(21)9-15(14)22)19-20-17(24)16(23)18-11-3-6-13(25-2)7-4-11/h3-9,21-22H,1-2H3,(H,18,23)(H,20,24)/b19-10+. The van der Waals surface area contributed by atoms with Crippen LogP contribution < -0.4 is 15.5 Å². The van der Waals surface area contributed by atoms with Gasteiger partial charge in [0.2, 0.25) is 0 Å². The second-order valence-corrected chi connectivity index (χ2v) is 5.02. The van der Waals surface area contributed by atoms with Crippen LogP contribution in [0.4, 0.5) is 5.69 Å². The minimum absolute atomic E-state index is 0.100. The number of rotatable bonds is 4. The molecule has 0 aliphatic rings. The van der Waals surface area contributed by atoms with Crippen molar-refractivity contribution < 1.29 is 24.5 Å². The van der Waals surface area contributed by atoms with Crippen LogP contribution in [0.1, 0.15) is 12.5 Å². The molecule has 0 spiro atoms. The number of hydrogen-bond acceptors (Lipinski definition) is 6. The fourth-order valence-corrected chi connectivity index (χ4v) is 1.93. The van der Waals surface area contributed by atoms with Gasteiger partial charge in [0.25, 0.3) is 0 Å². The van der Waals surface area contributed by atoms with Crippen molar-refractivity contribution in [1.29, 1.82) is 0 Å². The number of hydrogen-bond donors (Lipinski definition) is 4. The van der Waals surface area contributed by atoms with Gasteiger partial charge in [-0.1, -0.05) is 0 Å². The van der Waals surface area contributed by atoms with E-state index in [1.54, 1.807) is 24.3 Å². The topological polar surface area (TPSA) is 120 Å². The van der Waals surface area contributed by atoms with Gasteiger partial charge in [-0.3, -0.25) is 9.59 Å². The fraction of sp³-hybridized carbons (Fsp3) is 0.118. The number of carbonyl (C=O) groups is 2. The van der Waals surface area contributed by atoms with E-state index in [2.05, 4.69) is 15.8 Å². The molecule has 0 saturated carbocycles. The van der Waals surface area contributed by atoms with Gasteiger partial charge in [0.15, 0.2) is 0 Å². The van der Waals surface area contributed by atoms with Gasteiger partial charge in [0, 0.05) is 17.3 Å². The second kappa shape index (κ2) is 7.82. The van der Waals surface area contributed by atoms with Crippen molar-refractivity contribution in [2.24, 2.45) is 5.10 Å². The van der Waals surface area contributed by atoms with Crippen molar-refractivity contribution in [3.8, 4) is 17.2 Å². The molecule has 2 amide bonds. The van der Waals surface area contributed by atoms with Gasteiger partial charge in [0.05, 0.1) is 12.8 Å². The molecule has 0 fully saturated rings. The maximum Gasteiger partial charge on any atom is 0.329 e. The zero-order valence-electron chi connectivity index (χ0n) is 13.6. The molecule has 2 aromatic rings. The van der Waals surface area contributed by atoms with Crippen LogP contribution in [0.5, 0.6) is 17.2 Å². The smallest absolute Gasteiger partial charge is 0.329 e. The number of aromatic hydroxyl groups is 2. The molecule has 0 aliphatic heterocycles. The normalized spacial score (nSPS) is 10.9. The van der Waals surface area contributed by atoms with E-state index < -0.39 is 11.8 Å². The Labute approximate surface area is 143 Å². The number of carbonyl (C=O) groups excluding carboxylic acids is 2. The van der Waals surface area contributed by atoms with Gasteiger partial charge in [-0.05, 0) is 43.3 Å².